The summed E-state index contributed by atoms with van der Waals surface area (Å²) >= 11 is 0. The second-order valence-corrected chi connectivity index (χ2v) is 3.80. The summed E-state index contributed by atoms with van der Waals surface area (Å²) < 4.78 is 10.3. The summed E-state index contributed by atoms with van der Waals surface area (Å²) in [6, 6.07) is -0.188. The number of ether oxygens (including phenoxy) is 2. The fourth-order valence-corrected chi connectivity index (χ4v) is 1.17. The first-order chi connectivity index (χ1) is 5.95. The highest BCUT2D eigenvalue weighted by Crippen LogP contribution is 2.24. The van der Waals surface area contributed by atoms with Crippen molar-refractivity contribution in [2.75, 3.05) is 20.3 Å². The Hall–Kier alpha value is -0.540. The summed E-state index contributed by atoms with van der Waals surface area (Å²) in [6.07, 6.45) is 0. The van der Waals surface area contributed by atoms with Crippen molar-refractivity contribution < 1.29 is 9.47 Å². The smallest absolute Gasteiger partial charge is 0.106 e. The first-order valence-electron chi connectivity index (χ1n) is 4.51. The van der Waals surface area contributed by atoms with Crippen molar-refractivity contribution in [3.63, 3.8) is 0 Å². The molecule has 78 valence electrons. The van der Waals surface area contributed by atoms with E-state index in [1.54, 1.807) is 7.11 Å². The van der Waals surface area contributed by atoms with Gasteiger partial charge in [-0.05, 0) is 6.92 Å². The molecule has 1 unspecified atom stereocenters. The molecule has 0 saturated heterocycles. The van der Waals surface area contributed by atoms with E-state index in [-0.39, 0.29) is 11.5 Å². The fourth-order valence-electron chi connectivity index (χ4n) is 1.17. The Labute approximate surface area is 80.9 Å². The molecular formula is C10H21NO2. The minimum absolute atomic E-state index is 0.138. The van der Waals surface area contributed by atoms with Crippen LogP contribution in [0.15, 0.2) is 12.3 Å². The highest BCUT2D eigenvalue weighted by atomic mass is 16.5. The summed E-state index contributed by atoms with van der Waals surface area (Å²) in [6.45, 7) is 11.0. The fraction of sp³-hybridized carbons (Fsp3) is 0.800. The van der Waals surface area contributed by atoms with Gasteiger partial charge in [-0.1, -0.05) is 20.4 Å². The molecule has 0 aromatic rings. The average molecular weight is 187 g/mol. The molecule has 0 rings (SSSR count). The van der Waals surface area contributed by atoms with Crippen LogP contribution in [0.2, 0.25) is 0 Å². The van der Waals surface area contributed by atoms with Crippen molar-refractivity contribution >= 4 is 0 Å². The summed E-state index contributed by atoms with van der Waals surface area (Å²) in [7, 11) is 1.66. The highest BCUT2D eigenvalue weighted by Gasteiger charge is 2.29. The first-order valence-corrected chi connectivity index (χ1v) is 4.51. The van der Waals surface area contributed by atoms with Crippen molar-refractivity contribution in [1.82, 2.24) is 0 Å². The van der Waals surface area contributed by atoms with Gasteiger partial charge in [-0.3, -0.25) is 0 Å². The minimum Gasteiger partial charge on any atom is -0.497 e. The minimum atomic E-state index is -0.188. The Morgan fingerprint density at radius 1 is 1.54 bits per heavy atom. The third-order valence-electron chi connectivity index (χ3n) is 2.03. The van der Waals surface area contributed by atoms with Crippen LogP contribution < -0.4 is 5.73 Å². The van der Waals surface area contributed by atoms with Crippen molar-refractivity contribution in [2.24, 2.45) is 11.1 Å². The van der Waals surface area contributed by atoms with Gasteiger partial charge >= 0.3 is 0 Å². The molecule has 1 atom stereocenters. The van der Waals surface area contributed by atoms with E-state index >= 15 is 0 Å². The van der Waals surface area contributed by atoms with Gasteiger partial charge in [0.1, 0.15) is 5.76 Å². The van der Waals surface area contributed by atoms with Crippen LogP contribution in [0.3, 0.4) is 0 Å². The van der Waals surface area contributed by atoms with Crippen LogP contribution in [0.5, 0.6) is 0 Å². The van der Waals surface area contributed by atoms with Gasteiger partial charge in [-0.2, -0.15) is 0 Å². The van der Waals surface area contributed by atoms with Crippen LogP contribution in [0.1, 0.15) is 20.8 Å². The van der Waals surface area contributed by atoms with E-state index in [1.165, 1.54) is 0 Å². The standard InChI is InChI=1S/C10H21NO2/c1-6-13-8(2)9(11)10(3,4)7-12-5/h9H,2,6-7,11H2,1,3-5H3. The second-order valence-electron chi connectivity index (χ2n) is 3.80. The third-order valence-corrected chi connectivity index (χ3v) is 2.03. The van der Waals surface area contributed by atoms with Gasteiger partial charge < -0.3 is 15.2 Å². The van der Waals surface area contributed by atoms with Crippen molar-refractivity contribution in [2.45, 2.75) is 26.8 Å². The number of nitrogens with two attached hydrogens (primary N) is 1. The van der Waals surface area contributed by atoms with Crippen LogP contribution in [0.25, 0.3) is 0 Å². The zero-order valence-corrected chi connectivity index (χ0v) is 9.09. The molecule has 0 fully saturated rings. The van der Waals surface area contributed by atoms with Gasteiger partial charge in [0, 0.05) is 12.5 Å². The zero-order chi connectivity index (χ0) is 10.5. The van der Waals surface area contributed by atoms with E-state index in [9.17, 15) is 0 Å². The molecule has 13 heavy (non-hydrogen) atoms. The van der Waals surface area contributed by atoms with Crippen molar-refractivity contribution in [3.05, 3.63) is 12.3 Å². The van der Waals surface area contributed by atoms with Crippen LogP contribution in [0, 0.1) is 5.41 Å². The maximum atomic E-state index is 5.96. The SMILES string of the molecule is C=C(OCC)C(N)C(C)(C)COC. The van der Waals surface area contributed by atoms with E-state index in [0.29, 0.717) is 19.0 Å². The van der Waals surface area contributed by atoms with Gasteiger partial charge in [0.25, 0.3) is 0 Å². The maximum absolute atomic E-state index is 5.96. The lowest BCUT2D eigenvalue weighted by molar-refractivity contribution is 0.0733. The largest absolute Gasteiger partial charge is 0.497 e. The van der Waals surface area contributed by atoms with Gasteiger partial charge in [0.05, 0.1) is 19.3 Å². The number of methoxy groups -OCH3 is 1. The lowest BCUT2D eigenvalue weighted by Crippen LogP contribution is -2.42. The molecule has 0 saturated carbocycles. The van der Waals surface area contributed by atoms with Crippen LogP contribution >= 0.6 is 0 Å². The molecule has 0 aliphatic carbocycles. The van der Waals surface area contributed by atoms with E-state index in [1.807, 2.05) is 20.8 Å². The molecule has 0 spiro atoms. The van der Waals surface area contributed by atoms with Gasteiger partial charge in [-0.25, -0.2) is 0 Å². The van der Waals surface area contributed by atoms with Gasteiger partial charge in [-0.15, -0.1) is 0 Å². The predicted octanol–water partition coefficient (Wildman–Crippen LogP) is 1.54. The Balaban J connectivity index is 4.21. The van der Waals surface area contributed by atoms with Gasteiger partial charge in [0.15, 0.2) is 0 Å². The zero-order valence-electron chi connectivity index (χ0n) is 9.09. The van der Waals surface area contributed by atoms with E-state index < -0.39 is 0 Å². The summed E-state index contributed by atoms with van der Waals surface area (Å²) in [5.41, 5.74) is 5.82. The Morgan fingerprint density at radius 3 is 2.46 bits per heavy atom. The predicted molar refractivity (Wildman–Crippen MR) is 54.4 cm³/mol. The van der Waals surface area contributed by atoms with E-state index in [0.717, 1.165) is 0 Å². The Morgan fingerprint density at radius 2 is 2.08 bits per heavy atom. The maximum Gasteiger partial charge on any atom is 0.106 e. The summed E-state index contributed by atoms with van der Waals surface area (Å²) in [5.74, 6) is 0.629. The van der Waals surface area contributed by atoms with Crippen molar-refractivity contribution in [1.29, 1.82) is 0 Å². The molecule has 0 aromatic heterocycles. The molecule has 0 aliphatic rings. The van der Waals surface area contributed by atoms with Crippen molar-refractivity contribution in [3.8, 4) is 0 Å². The molecule has 3 nitrogen and oxygen atoms in total. The van der Waals surface area contributed by atoms with E-state index in [2.05, 4.69) is 6.58 Å². The molecule has 2 N–H and O–H groups in total. The Kier molecular flexibility index (Phi) is 5.03. The molecule has 0 aliphatic heterocycles. The molecule has 0 bridgehead atoms. The molecule has 0 amide bonds. The normalized spacial score (nSPS) is 13.9. The monoisotopic (exact) mass is 187 g/mol. The molecular weight excluding hydrogens is 166 g/mol. The summed E-state index contributed by atoms with van der Waals surface area (Å²) in [4.78, 5) is 0. The highest BCUT2D eigenvalue weighted by molar-refractivity contribution is 5.02. The number of hydrogen-bond acceptors (Lipinski definition) is 3. The molecule has 3 heteroatoms. The van der Waals surface area contributed by atoms with Crippen LogP contribution in [-0.4, -0.2) is 26.4 Å². The lowest BCUT2D eigenvalue weighted by atomic mass is 9.85. The average Bonchev–Trinajstić information content (AvgIpc) is 2.03. The Bertz CT molecular complexity index is 166. The second kappa shape index (κ2) is 5.25. The van der Waals surface area contributed by atoms with Crippen LogP contribution in [-0.2, 0) is 9.47 Å². The lowest BCUT2D eigenvalue weighted by Gasteiger charge is -2.31. The van der Waals surface area contributed by atoms with Gasteiger partial charge in [0.2, 0.25) is 0 Å². The third kappa shape index (κ3) is 3.79. The summed E-state index contributed by atoms with van der Waals surface area (Å²) in [5, 5.41) is 0. The molecule has 0 aromatic carbocycles. The molecule has 0 radical (unpaired) electrons. The number of rotatable bonds is 6. The number of hydrogen-bond donors (Lipinski definition) is 1. The van der Waals surface area contributed by atoms with E-state index in [4.69, 9.17) is 15.2 Å². The first kappa shape index (κ1) is 12.5. The molecule has 0 heterocycles. The topological polar surface area (TPSA) is 44.5 Å². The van der Waals surface area contributed by atoms with Crippen LogP contribution in [0.4, 0.5) is 0 Å². The quantitative estimate of drug-likeness (QED) is 0.641.